The minimum atomic E-state index is 0.0320. The van der Waals surface area contributed by atoms with Gasteiger partial charge in [0, 0.05) is 24.7 Å². The Labute approximate surface area is 145 Å². The van der Waals surface area contributed by atoms with Crippen molar-refractivity contribution in [2.24, 2.45) is 0 Å². The predicted octanol–water partition coefficient (Wildman–Crippen LogP) is 2.23. The molecule has 0 spiro atoms. The molecule has 2 aromatic heterocycles. The van der Waals surface area contributed by atoms with Crippen molar-refractivity contribution in [3.8, 4) is 5.69 Å². The van der Waals surface area contributed by atoms with E-state index in [1.807, 2.05) is 39.8 Å². The van der Waals surface area contributed by atoms with Crippen LogP contribution in [-0.2, 0) is 6.42 Å². The summed E-state index contributed by atoms with van der Waals surface area (Å²) in [6, 6.07) is 10.3. The molecule has 0 radical (unpaired) electrons. The number of carbonyl (C=O) groups excluding carboxylic acids is 1. The van der Waals surface area contributed by atoms with Crippen molar-refractivity contribution in [3.05, 3.63) is 60.7 Å². The van der Waals surface area contributed by atoms with E-state index in [0.29, 0.717) is 5.69 Å². The smallest absolute Gasteiger partial charge is 0.272 e. The summed E-state index contributed by atoms with van der Waals surface area (Å²) < 4.78 is 2.01. The maximum atomic E-state index is 12.6. The van der Waals surface area contributed by atoms with Crippen LogP contribution in [0.15, 0.2) is 49.2 Å². The predicted molar refractivity (Wildman–Crippen MR) is 92.3 cm³/mol. The second-order valence-electron chi connectivity index (χ2n) is 6.25. The van der Waals surface area contributed by atoms with E-state index >= 15 is 0 Å². The summed E-state index contributed by atoms with van der Waals surface area (Å²) in [7, 11) is 0. The monoisotopic (exact) mass is 336 g/mol. The summed E-state index contributed by atoms with van der Waals surface area (Å²) in [5.41, 5.74) is 1.61. The number of imidazole rings is 1. The fraction of sp³-hybridized carbons (Fsp3) is 0.333. The van der Waals surface area contributed by atoms with Gasteiger partial charge in [0.25, 0.3) is 5.91 Å². The van der Waals surface area contributed by atoms with E-state index in [2.05, 4.69) is 20.2 Å². The summed E-state index contributed by atoms with van der Waals surface area (Å²) in [4.78, 5) is 21.4. The molecule has 25 heavy (non-hydrogen) atoms. The highest BCUT2D eigenvalue weighted by Gasteiger charge is 2.30. The molecule has 3 heterocycles. The molecular formula is C18H20N6O. The summed E-state index contributed by atoms with van der Waals surface area (Å²) in [5, 5.41) is 8.32. The number of amides is 1. The fourth-order valence-corrected chi connectivity index (χ4v) is 3.46. The molecule has 1 N–H and O–H groups in total. The number of para-hydroxylation sites is 1. The quantitative estimate of drug-likeness (QED) is 0.775. The number of aryl methyl sites for hydroxylation is 1. The highest BCUT2D eigenvalue weighted by atomic mass is 16.2. The first-order valence-electron chi connectivity index (χ1n) is 8.56. The molecule has 7 heteroatoms. The molecule has 1 aromatic carbocycles. The van der Waals surface area contributed by atoms with Crippen LogP contribution in [0.2, 0.25) is 0 Å². The molecule has 0 bridgehead atoms. The summed E-state index contributed by atoms with van der Waals surface area (Å²) in [6.45, 7) is 0.799. The van der Waals surface area contributed by atoms with Crippen molar-refractivity contribution in [3.63, 3.8) is 0 Å². The van der Waals surface area contributed by atoms with Crippen molar-refractivity contribution < 1.29 is 4.79 Å². The summed E-state index contributed by atoms with van der Waals surface area (Å²) >= 11 is 0. The van der Waals surface area contributed by atoms with Crippen LogP contribution in [0.25, 0.3) is 5.69 Å². The Morgan fingerprint density at radius 3 is 2.96 bits per heavy atom. The minimum Gasteiger partial charge on any atom is -0.341 e. The van der Waals surface area contributed by atoms with Crippen molar-refractivity contribution in [2.45, 2.75) is 31.7 Å². The Bertz CT molecular complexity index is 826. The summed E-state index contributed by atoms with van der Waals surface area (Å²) in [5.74, 6) is 0.955. The Kier molecular flexibility index (Phi) is 4.28. The van der Waals surface area contributed by atoms with Gasteiger partial charge in [-0.15, -0.1) is 10.2 Å². The number of likely N-dealkylation sites (tertiary alicyclic amines) is 1. The average molecular weight is 336 g/mol. The zero-order valence-corrected chi connectivity index (χ0v) is 13.9. The van der Waals surface area contributed by atoms with Gasteiger partial charge in [-0.1, -0.05) is 18.2 Å². The maximum Gasteiger partial charge on any atom is 0.272 e. The van der Waals surface area contributed by atoms with Gasteiger partial charge in [-0.3, -0.25) is 9.36 Å². The van der Waals surface area contributed by atoms with Gasteiger partial charge in [-0.05, 0) is 31.4 Å². The zero-order chi connectivity index (χ0) is 17.1. The van der Waals surface area contributed by atoms with Crippen molar-refractivity contribution in [2.75, 3.05) is 6.54 Å². The number of H-pyrrole nitrogens is 1. The number of rotatable bonds is 5. The highest BCUT2D eigenvalue weighted by Crippen LogP contribution is 2.23. The van der Waals surface area contributed by atoms with Gasteiger partial charge in [0.1, 0.15) is 17.8 Å². The van der Waals surface area contributed by atoms with Gasteiger partial charge in [0.2, 0.25) is 0 Å². The number of nitrogens with one attached hydrogen (secondary N) is 1. The molecule has 1 aliphatic heterocycles. The third kappa shape index (κ3) is 3.17. The number of hydrogen-bond acceptors (Lipinski definition) is 4. The van der Waals surface area contributed by atoms with Crippen LogP contribution >= 0.6 is 0 Å². The first-order chi connectivity index (χ1) is 12.3. The number of hydrogen-bond donors (Lipinski definition) is 1. The molecule has 0 saturated carbocycles. The number of benzene rings is 1. The van der Waals surface area contributed by atoms with Gasteiger partial charge in [0.15, 0.2) is 0 Å². The Hall–Kier alpha value is -2.96. The number of carbonyl (C=O) groups is 1. The number of aromatic amines is 1. The SMILES string of the molecule is O=C(c1cnc[nH]1)N1CCCC1CCc1nncn1-c1ccccc1. The normalized spacial score (nSPS) is 17.1. The van der Waals surface area contributed by atoms with Crippen LogP contribution in [0.4, 0.5) is 0 Å². The van der Waals surface area contributed by atoms with E-state index in [-0.39, 0.29) is 11.9 Å². The first kappa shape index (κ1) is 15.6. The van der Waals surface area contributed by atoms with E-state index < -0.39 is 0 Å². The molecular weight excluding hydrogens is 316 g/mol. The van der Waals surface area contributed by atoms with E-state index in [0.717, 1.165) is 43.7 Å². The molecule has 1 fully saturated rings. The Morgan fingerprint density at radius 2 is 2.16 bits per heavy atom. The van der Waals surface area contributed by atoms with Gasteiger partial charge in [-0.25, -0.2) is 4.98 Å². The van der Waals surface area contributed by atoms with Crippen LogP contribution in [0.3, 0.4) is 0 Å². The van der Waals surface area contributed by atoms with E-state index in [4.69, 9.17) is 0 Å². The summed E-state index contributed by atoms with van der Waals surface area (Å²) in [6.07, 6.45) is 8.60. The van der Waals surface area contributed by atoms with Crippen LogP contribution in [-0.4, -0.2) is 48.1 Å². The highest BCUT2D eigenvalue weighted by molar-refractivity contribution is 5.92. The van der Waals surface area contributed by atoms with Gasteiger partial charge < -0.3 is 9.88 Å². The molecule has 1 aliphatic rings. The molecule has 7 nitrogen and oxygen atoms in total. The topological polar surface area (TPSA) is 79.7 Å². The van der Waals surface area contributed by atoms with Crippen LogP contribution in [0, 0.1) is 0 Å². The molecule has 128 valence electrons. The Morgan fingerprint density at radius 1 is 1.28 bits per heavy atom. The van der Waals surface area contributed by atoms with E-state index in [9.17, 15) is 4.79 Å². The standard InChI is InChI=1S/C18H20N6O/c25-18(16-11-19-12-20-16)23-10-4-7-15(23)8-9-17-22-21-13-24(17)14-5-2-1-3-6-14/h1-3,5-6,11-13,15H,4,7-10H2,(H,19,20). The second kappa shape index (κ2) is 6.88. The first-order valence-corrected chi connectivity index (χ1v) is 8.56. The molecule has 1 amide bonds. The minimum absolute atomic E-state index is 0.0320. The number of nitrogens with zero attached hydrogens (tertiary/aromatic N) is 5. The lowest BCUT2D eigenvalue weighted by Gasteiger charge is -2.24. The molecule has 1 unspecified atom stereocenters. The largest absolute Gasteiger partial charge is 0.341 e. The number of aromatic nitrogens is 5. The van der Waals surface area contributed by atoms with Crippen LogP contribution in [0.5, 0.6) is 0 Å². The molecule has 3 aromatic rings. The molecule has 1 saturated heterocycles. The average Bonchev–Trinajstić information content (AvgIpc) is 3.41. The fourth-order valence-electron chi connectivity index (χ4n) is 3.46. The molecule has 0 aliphatic carbocycles. The zero-order valence-electron chi connectivity index (χ0n) is 13.9. The maximum absolute atomic E-state index is 12.6. The second-order valence-corrected chi connectivity index (χ2v) is 6.25. The van der Waals surface area contributed by atoms with Crippen LogP contribution in [0.1, 0.15) is 35.6 Å². The lowest BCUT2D eigenvalue weighted by molar-refractivity contribution is 0.0725. The van der Waals surface area contributed by atoms with E-state index in [1.165, 1.54) is 0 Å². The Balaban J connectivity index is 1.45. The van der Waals surface area contributed by atoms with Gasteiger partial charge >= 0.3 is 0 Å². The van der Waals surface area contributed by atoms with Crippen LogP contribution < -0.4 is 0 Å². The van der Waals surface area contributed by atoms with Crippen molar-refractivity contribution >= 4 is 5.91 Å². The van der Waals surface area contributed by atoms with Crippen molar-refractivity contribution in [1.82, 2.24) is 29.6 Å². The third-order valence-corrected chi connectivity index (χ3v) is 4.72. The van der Waals surface area contributed by atoms with Gasteiger partial charge in [-0.2, -0.15) is 0 Å². The molecule has 1 atom stereocenters. The van der Waals surface area contributed by atoms with E-state index in [1.54, 1.807) is 18.9 Å². The van der Waals surface area contributed by atoms with Crippen molar-refractivity contribution in [1.29, 1.82) is 0 Å². The third-order valence-electron chi connectivity index (χ3n) is 4.72. The molecule has 4 rings (SSSR count). The lowest BCUT2D eigenvalue weighted by Crippen LogP contribution is -2.36. The lowest BCUT2D eigenvalue weighted by atomic mass is 10.1. The van der Waals surface area contributed by atoms with Gasteiger partial charge in [0.05, 0.1) is 12.5 Å².